The van der Waals surface area contributed by atoms with E-state index in [4.69, 9.17) is 4.74 Å². The molecular weight excluding hydrogens is 196 g/mol. The van der Waals surface area contributed by atoms with Gasteiger partial charge in [0.25, 0.3) is 5.91 Å². The summed E-state index contributed by atoms with van der Waals surface area (Å²) in [4.78, 5) is 25.1. The first-order valence-electron chi connectivity index (χ1n) is 4.83. The van der Waals surface area contributed by atoms with Gasteiger partial charge >= 0.3 is 0 Å². The van der Waals surface area contributed by atoms with Crippen LogP contribution in [0.2, 0.25) is 0 Å². The lowest BCUT2D eigenvalue weighted by Crippen LogP contribution is -2.36. The van der Waals surface area contributed by atoms with Gasteiger partial charge in [0.1, 0.15) is 5.69 Å². The highest BCUT2D eigenvalue weighted by Gasteiger charge is 2.18. The third-order valence-electron chi connectivity index (χ3n) is 2.28. The smallest absolute Gasteiger partial charge is 0.268 e. The highest BCUT2D eigenvalue weighted by molar-refractivity contribution is 5.92. The summed E-state index contributed by atoms with van der Waals surface area (Å²) in [6, 6.07) is 4.56. The van der Waals surface area contributed by atoms with Gasteiger partial charge in [-0.1, -0.05) is 6.07 Å². The minimum Gasteiger partial charge on any atom is -0.379 e. The molecule has 1 aliphatic heterocycles. The monoisotopic (exact) mass is 208 g/mol. The summed E-state index contributed by atoms with van der Waals surface area (Å²) < 4.78 is 5.13. The minimum atomic E-state index is -0.273. The quantitative estimate of drug-likeness (QED) is 0.712. The van der Waals surface area contributed by atoms with Crippen molar-refractivity contribution in [1.82, 2.24) is 10.3 Å². The van der Waals surface area contributed by atoms with Crippen molar-refractivity contribution in [1.29, 1.82) is 0 Å². The van der Waals surface area contributed by atoms with Gasteiger partial charge in [-0.2, -0.15) is 0 Å². The number of amides is 1. The zero-order valence-corrected chi connectivity index (χ0v) is 8.16. The fraction of sp³-hybridized carbons (Fsp3) is 0.400. The van der Waals surface area contributed by atoms with Crippen LogP contribution in [0.5, 0.6) is 0 Å². The van der Waals surface area contributed by atoms with E-state index in [2.05, 4.69) is 10.3 Å². The van der Waals surface area contributed by atoms with Crippen LogP contribution in [0.3, 0.4) is 0 Å². The summed E-state index contributed by atoms with van der Waals surface area (Å²) in [5, 5.41) is 2.79. The number of ether oxygens (including phenoxy) is 1. The zero-order chi connectivity index (χ0) is 10.7. The van der Waals surface area contributed by atoms with Crippen molar-refractivity contribution < 1.29 is 9.53 Å². The number of H-pyrrole nitrogens is 1. The van der Waals surface area contributed by atoms with Crippen LogP contribution in [0.25, 0.3) is 0 Å². The Morgan fingerprint density at radius 1 is 1.53 bits per heavy atom. The Hall–Kier alpha value is -1.62. The van der Waals surface area contributed by atoms with E-state index in [1.807, 2.05) is 0 Å². The molecule has 5 heteroatoms. The van der Waals surface area contributed by atoms with E-state index in [0.717, 1.165) is 6.42 Å². The lowest BCUT2D eigenvalue weighted by atomic mass is 10.2. The standard InChI is InChI=1S/C10H12N2O3/c13-9-3-1-2-8(12-9)10(14)11-7-4-5-15-6-7/h1-3,7H,4-6H2,(H,11,14)(H,12,13). The van der Waals surface area contributed by atoms with Crippen LogP contribution in [0, 0.1) is 0 Å². The first-order valence-corrected chi connectivity index (χ1v) is 4.83. The maximum atomic E-state index is 11.6. The number of aromatic nitrogens is 1. The second-order valence-corrected chi connectivity index (χ2v) is 3.46. The van der Waals surface area contributed by atoms with Crippen molar-refractivity contribution >= 4 is 5.91 Å². The number of pyridine rings is 1. The van der Waals surface area contributed by atoms with Gasteiger partial charge in [0.2, 0.25) is 5.56 Å². The molecule has 1 amide bonds. The molecule has 0 spiro atoms. The van der Waals surface area contributed by atoms with Gasteiger partial charge < -0.3 is 15.0 Å². The Labute approximate surface area is 86.5 Å². The number of carbonyl (C=O) groups is 1. The average molecular weight is 208 g/mol. The molecule has 1 fully saturated rings. The molecule has 2 rings (SSSR count). The second kappa shape index (κ2) is 4.27. The van der Waals surface area contributed by atoms with Crippen LogP contribution in [0.1, 0.15) is 16.9 Å². The Morgan fingerprint density at radius 2 is 2.40 bits per heavy atom. The lowest BCUT2D eigenvalue weighted by molar-refractivity contribution is 0.0924. The Kier molecular flexibility index (Phi) is 2.82. The van der Waals surface area contributed by atoms with Gasteiger partial charge in [0, 0.05) is 12.7 Å². The van der Waals surface area contributed by atoms with Crippen molar-refractivity contribution in [3.8, 4) is 0 Å². The number of aromatic amines is 1. The summed E-state index contributed by atoms with van der Waals surface area (Å²) in [5.41, 5.74) is 0.0136. The predicted octanol–water partition coefficient (Wildman–Crippen LogP) is -0.106. The molecule has 1 aromatic heterocycles. The van der Waals surface area contributed by atoms with E-state index in [-0.39, 0.29) is 23.2 Å². The van der Waals surface area contributed by atoms with Crippen LogP contribution in [0.15, 0.2) is 23.0 Å². The van der Waals surface area contributed by atoms with Gasteiger partial charge in [0.05, 0.1) is 12.6 Å². The second-order valence-electron chi connectivity index (χ2n) is 3.46. The van der Waals surface area contributed by atoms with Gasteiger partial charge in [-0.15, -0.1) is 0 Å². The normalized spacial score (nSPS) is 20.1. The predicted molar refractivity (Wildman–Crippen MR) is 53.8 cm³/mol. The molecule has 0 aliphatic carbocycles. The van der Waals surface area contributed by atoms with Crippen LogP contribution < -0.4 is 10.9 Å². The number of rotatable bonds is 2. The van der Waals surface area contributed by atoms with Gasteiger partial charge in [-0.3, -0.25) is 9.59 Å². The molecule has 80 valence electrons. The van der Waals surface area contributed by atoms with Crippen molar-refractivity contribution in [2.45, 2.75) is 12.5 Å². The first-order chi connectivity index (χ1) is 7.25. The Balaban J connectivity index is 2.04. The van der Waals surface area contributed by atoms with E-state index < -0.39 is 0 Å². The Bertz CT molecular complexity index is 407. The van der Waals surface area contributed by atoms with Crippen molar-refractivity contribution in [2.24, 2.45) is 0 Å². The summed E-state index contributed by atoms with van der Waals surface area (Å²) in [6.07, 6.45) is 0.822. The maximum absolute atomic E-state index is 11.6. The number of hydrogen-bond acceptors (Lipinski definition) is 3. The van der Waals surface area contributed by atoms with Crippen molar-refractivity contribution in [3.05, 3.63) is 34.2 Å². The lowest BCUT2D eigenvalue weighted by Gasteiger charge is -2.09. The van der Waals surface area contributed by atoms with Gasteiger partial charge in [0.15, 0.2) is 0 Å². The molecule has 0 radical (unpaired) electrons. The molecule has 1 atom stereocenters. The highest BCUT2D eigenvalue weighted by Crippen LogP contribution is 2.04. The van der Waals surface area contributed by atoms with Crippen LogP contribution in [-0.2, 0) is 4.74 Å². The van der Waals surface area contributed by atoms with Crippen molar-refractivity contribution in [2.75, 3.05) is 13.2 Å². The zero-order valence-electron chi connectivity index (χ0n) is 8.16. The molecule has 5 nitrogen and oxygen atoms in total. The molecule has 15 heavy (non-hydrogen) atoms. The summed E-state index contributed by atoms with van der Waals surface area (Å²) in [6.45, 7) is 1.22. The molecule has 2 heterocycles. The third kappa shape index (κ3) is 2.44. The molecule has 1 saturated heterocycles. The SMILES string of the molecule is O=C(NC1CCOC1)c1cccc(=O)[nH]1. The summed E-state index contributed by atoms with van der Waals surface area (Å²) in [5.74, 6) is -0.261. The average Bonchev–Trinajstić information content (AvgIpc) is 2.70. The molecule has 0 aromatic carbocycles. The summed E-state index contributed by atoms with van der Waals surface area (Å²) in [7, 11) is 0. The van der Waals surface area contributed by atoms with Crippen LogP contribution in [-0.4, -0.2) is 30.1 Å². The molecule has 1 aliphatic rings. The number of carbonyl (C=O) groups excluding carboxylic acids is 1. The third-order valence-corrected chi connectivity index (χ3v) is 2.28. The number of hydrogen-bond donors (Lipinski definition) is 2. The van der Waals surface area contributed by atoms with Crippen LogP contribution in [0.4, 0.5) is 0 Å². The highest BCUT2D eigenvalue weighted by atomic mass is 16.5. The topological polar surface area (TPSA) is 71.2 Å². The first kappa shape index (κ1) is 9.92. The van der Waals surface area contributed by atoms with E-state index in [9.17, 15) is 9.59 Å². The molecule has 1 unspecified atom stereocenters. The minimum absolute atomic E-state index is 0.0567. The van der Waals surface area contributed by atoms with E-state index in [0.29, 0.717) is 13.2 Å². The molecule has 0 saturated carbocycles. The van der Waals surface area contributed by atoms with Crippen molar-refractivity contribution in [3.63, 3.8) is 0 Å². The van der Waals surface area contributed by atoms with E-state index in [1.54, 1.807) is 12.1 Å². The fourth-order valence-electron chi connectivity index (χ4n) is 1.49. The molecule has 1 aromatic rings. The maximum Gasteiger partial charge on any atom is 0.268 e. The van der Waals surface area contributed by atoms with E-state index in [1.165, 1.54) is 6.07 Å². The molecule has 2 N–H and O–H groups in total. The van der Waals surface area contributed by atoms with Gasteiger partial charge in [-0.25, -0.2) is 0 Å². The largest absolute Gasteiger partial charge is 0.379 e. The summed E-state index contributed by atoms with van der Waals surface area (Å²) >= 11 is 0. The number of nitrogens with one attached hydrogen (secondary N) is 2. The Morgan fingerprint density at radius 3 is 3.07 bits per heavy atom. The van der Waals surface area contributed by atoms with Crippen LogP contribution >= 0.6 is 0 Å². The molecular formula is C10H12N2O3. The van der Waals surface area contributed by atoms with E-state index >= 15 is 0 Å². The van der Waals surface area contributed by atoms with Gasteiger partial charge in [-0.05, 0) is 12.5 Å². The fourth-order valence-corrected chi connectivity index (χ4v) is 1.49. The molecule has 0 bridgehead atoms.